The monoisotopic (exact) mass is 353 g/mol. The van der Waals surface area contributed by atoms with Gasteiger partial charge in [-0.05, 0) is 36.4 Å². The number of aryl methyl sites for hydroxylation is 2. The van der Waals surface area contributed by atoms with E-state index in [-0.39, 0.29) is 11.5 Å². The smallest absolute Gasteiger partial charge is 0.251 e. The van der Waals surface area contributed by atoms with Gasteiger partial charge in [-0.1, -0.05) is 25.1 Å². The van der Waals surface area contributed by atoms with Crippen molar-refractivity contribution in [3.63, 3.8) is 0 Å². The van der Waals surface area contributed by atoms with Crippen molar-refractivity contribution >= 4 is 22.9 Å². The predicted molar refractivity (Wildman–Crippen MR) is 101 cm³/mol. The number of rotatable bonds is 6. The summed E-state index contributed by atoms with van der Waals surface area (Å²) in [6.07, 6.45) is 1.86. The molecule has 0 spiro atoms. The molecule has 0 aliphatic rings. The number of nitrogens with zero attached hydrogens (tertiary/aromatic N) is 1. The Labute approximate surface area is 149 Å². The summed E-state index contributed by atoms with van der Waals surface area (Å²) in [5, 5.41) is 4.91. The van der Waals surface area contributed by atoms with Crippen molar-refractivity contribution < 1.29 is 4.79 Å². The zero-order valence-electron chi connectivity index (χ0n) is 13.9. The van der Waals surface area contributed by atoms with Crippen LogP contribution in [0.5, 0.6) is 0 Å². The van der Waals surface area contributed by atoms with E-state index < -0.39 is 0 Å². The van der Waals surface area contributed by atoms with E-state index in [9.17, 15) is 9.59 Å². The highest BCUT2D eigenvalue weighted by atomic mass is 32.1. The molecule has 0 aliphatic carbocycles. The maximum Gasteiger partial charge on any atom is 0.251 e. The molecule has 0 saturated heterocycles. The Kier molecular flexibility index (Phi) is 5.40. The largest absolute Gasteiger partial charge is 0.326 e. The van der Waals surface area contributed by atoms with Crippen LogP contribution >= 0.6 is 11.3 Å². The van der Waals surface area contributed by atoms with E-state index in [0.717, 1.165) is 17.7 Å². The molecule has 0 fully saturated rings. The van der Waals surface area contributed by atoms with E-state index in [2.05, 4.69) is 15.3 Å². The Morgan fingerprint density at radius 1 is 1.24 bits per heavy atom. The number of H-pyrrole nitrogens is 1. The number of aromatic nitrogens is 2. The summed E-state index contributed by atoms with van der Waals surface area (Å²) in [5.74, 6) is 0.480. The Morgan fingerprint density at radius 3 is 2.88 bits per heavy atom. The third-order valence-electron chi connectivity index (χ3n) is 3.76. The molecule has 1 aromatic carbocycles. The minimum Gasteiger partial charge on any atom is -0.326 e. The van der Waals surface area contributed by atoms with Crippen LogP contribution in [-0.4, -0.2) is 15.9 Å². The molecule has 2 aromatic heterocycles. The molecule has 2 N–H and O–H groups in total. The zero-order chi connectivity index (χ0) is 17.6. The minimum atomic E-state index is -0.174. The molecule has 5 nitrogen and oxygen atoms in total. The minimum absolute atomic E-state index is 0.0330. The van der Waals surface area contributed by atoms with E-state index in [1.807, 2.05) is 48.7 Å². The van der Waals surface area contributed by atoms with Gasteiger partial charge in [-0.2, -0.15) is 0 Å². The van der Waals surface area contributed by atoms with Crippen LogP contribution in [0.25, 0.3) is 11.4 Å². The lowest BCUT2D eigenvalue weighted by molar-refractivity contribution is -0.116. The Bertz CT molecular complexity index is 916. The van der Waals surface area contributed by atoms with E-state index in [1.165, 1.54) is 10.9 Å². The second kappa shape index (κ2) is 7.90. The van der Waals surface area contributed by atoms with Gasteiger partial charge in [0.25, 0.3) is 5.56 Å². The van der Waals surface area contributed by atoms with E-state index >= 15 is 0 Å². The Balaban J connectivity index is 1.72. The summed E-state index contributed by atoms with van der Waals surface area (Å²) in [6.45, 7) is 1.95. The average Bonchev–Trinajstić information content (AvgIpc) is 3.13. The number of hydrogen-bond donors (Lipinski definition) is 2. The molecule has 0 aliphatic heterocycles. The van der Waals surface area contributed by atoms with Crippen molar-refractivity contribution in [3.05, 3.63) is 68.8 Å². The summed E-state index contributed by atoms with van der Waals surface area (Å²) in [7, 11) is 0. The first kappa shape index (κ1) is 17.1. The van der Waals surface area contributed by atoms with Crippen molar-refractivity contribution in [2.75, 3.05) is 5.32 Å². The third-order valence-corrected chi connectivity index (χ3v) is 4.69. The SMILES string of the molecule is CCc1cc(=O)[nH]c(-c2cccc(NC(=O)CCc3cccs3)c2)n1. The molecule has 0 radical (unpaired) electrons. The summed E-state index contributed by atoms with van der Waals surface area (Å²) in [5.41, 5.74) is 2.03. The van der Waals surface area contributed by atoms with Gasteiger partial charge >= 0.3 is 0 Å². The van der Waals surface area contributed by atoms with Crippen molar-refractivity contribution in [2.45, 2.75) is 26.2 Å². The molecule has 0 saturated carbocycles. The molecule has 1 amide bonds. The summed E-state index contributed by atoms with van der Waals surface area (Å²) < 4.78 is 0. The molecule has 3 rings (SSSR count). The number of thiophene rings is 1. The lowest BCUT2D eigenvalue weighted by atomic mass is 10.1. The number of benzene rings is 1. The molecule has 2 heterocycles. The molecule has 0 unspecified atom stereocenters. The first-order valence-corrected chi connectivity index (χ1v) is 9.05. The maximum atomic E-state index is 12.1. The number of anilines is 1. The number of amides is 1. The van der Waals surface area contributed by atoms with Crippen molar-refractivity contribution in [1.29, 1.82) is 0 Å². The molecular weight excluding hydrogens is 334 g/mol. The van der Waals surface area contributed by atoms with Gasteiger partial charge in [0.15, 0.2) is 0 Å². The number of carbonyl (C=O) groups excluding carboxylic acids is 1. The van der Waals surface area contributed by atoms with Gasteiger partial charge in [0, 0.05) is 34.3 Å². The van der Waals surface area contributed by atoms with Crippen LogP contribution < -0.4 is 10.9 Å². The van der Waals surface area contributed by atoms with Gasteiger partial charge in [0.05, 0.1) is 0 Å². The van der Waals surface area contributed by atoms with Gasteiger partial charge in [0.1, 0.15) is 5.82 Å². The first-order chi connectivity index (χ1) is 12.1. The predicted octanol–water partition coefficient (Wildman–Crippen LogP) is 3.63. The maximum absolute atomic E-state index is 12.1. The van der Waals surface area contributed by atoms with Gasteiger partial charge in [-0.15, -0.1) is 11.3 Å². The lowest BCUT2D eigenvalue weighted by Crippen LogP contribution is -2.12. The number of aromatic amines is 1. The molecule has 0 bridgehead atoms. The van der Waals surface area contributed by atoms with Crippen LogP contribution in [0.4, 0.5) is 5.69 Å². The summed E-state index contributed by atoms with van der Waals surface area (Å²) in [4.78, 5) is 32.3. The molecule has 25 heavy (non-hydrogen) atoms. The van der Waals surface area contributed by atoms with Gasteiger partial charge in [0.2, 0.25) is 5.91 Å². The standard InChI is InChI=1S/C19H19N3O2S/c1-2-14-12-18(24)22-19(21-14)13-5-3-6-15(11-13)20-17(23)9-8-16-7-4-10-25-16/h3-7,10-12H,2,8-9H2,1H3,(H,20,23)(H,21,22,24). The Morgan fingerprint density at radius 2 is 2.12 bits per heavy atom. The van der Waals surface area contributed by atoms with Crippen LogP contribution in [0.1, 0.15) is 23.9 Å². The fourth-order valence-corrected chi connectivity index (χ4v) is 3.19. The van der Waals surface area contributed by atoms with Crippen LogP contribution in [0.3, 0.4) is 0 Å². The quantitative estimate of drug-likeness (QED) is 0.710. The molecule has 0 atom stereocenters. The highest BCUT2D eigenvalue weighted by Gasteiger charge is 2.07. The first-order valence-electron chi connectivity index (χ1n) is 8.17. The summed E-state index contributed by atoms with van der Waals surface area (Å²) in [6, 6.07) is 12.9. The van der Waals surface area contributed by atoms with Gasteiger partial charge < -0.3 is 10.3 Å². The molecule has 6 heteroatoms. The molecular formula is C19H19N3O2S. The second-order valence-electron chi connectivity index (χ2n) is 5.65. The third kappa shape index (κ3) is 4.64. The van der Waals surface area contributed by atoms with Crippen molar-refractivity contribution in [2.24, 2.45) is 0 Å². The molecule has 128 valence electrons. The zero-order valence-corrected chi connectivity index (χ0v) is 14.7. The number of nitrogens with one attached hydrogen (secondary N) is 2. The fraction of sp³-hybridized carbons (Fsp3) is 0.211. The van der Waals surface area contributed by atoms with E-state index in [0.29, 0.717) is 24.4 Å². The van der Waals surface area contributed by atoms with E-state index in [4.69, 9.17) is 0 Å². The van der Waals surface area contributed by atoms with E-state index in [1.54, 1.807) is 11.3 Å². The van der Waals surface area contributed by atoms with Crippen LogP contribution in [0.2, 0.25) is 0 Å². The molecule has 3 aromatic rings. The topological polar surface area (TPSA) is 74.8 Å². The second-order valence-corrected chi connectivity index (χ2v) is 6.68. The number of carbonyl (C=O) groups is 1. The lowest BCUT2D eigenvalue weighted by Gasteiger charge is -2.08. The van der Waals surface area contributed by atoms with Crippen LogP contribution in [0, 0.1) is 0 Å². The highest BCUT2D eigenvalue weighted by Crippen LogP contribution is 2.19. The van der Waals surface area contributed by atoms with Gasteiger partial charge in [-0.3, -0.25) is 9.59 Å². The Hall–Kier alpha value is -2.73. The summed E-state index contributed by atoms with van der Waals surface area (Å²) >= 11 is 1.65. The highest BCUT2D eigenvalue weighted by molar-refractivity contribution is 7.09. The normalized spacial score (nSPS) is 10.6. The van der Waals surface area contributed by atoms with Crippen LogP contribution in [-0.2, 0) is 17.6 Å². The van der Waals surface area contributed by atoms with Crippen molar-refractivity contribution in [3.8, 4) is 11.4 Å². The average molecular weight is 353 g/mol. The fourth-order valence-electron chi connectivity index (χ4n) is 2.49. The van der Waals surface area contributed by atoms with Gasteiger partial charge in [-0.25, -0.2) is 4.98 Å². The van der Waals surface area contributed by atoms with Crippen LogP contribution in [0.15, 0.2) is 52.6 Å². The van der Waals surface area contributed by atoms with Crippen molar-refractivity contribution in [1.82, 2.24) is 9.97 Å². The number of hydrogen-bond acceptors (Lipinski definition) is 4.